The van der Waals surface area contributed by atoms with Crippen LogP contribution in [0.4, 0.5) is 4.79 Å². The van der Waals surface area contributed by atoms with Gasteiger partial charge in [-0.25, -0.2) is 4.79 Å². The van der Waals surface area contributed by atoms with Crippen LogP contribution in [0.15, 0.2) is 0 Å². The number of carbonyl (C=O) groups is 1. The van der Waals surface area contributed by atoms with Crippen LogP contribution < -0.4 is 0 Å². The van der Waals surface area contributed by atoms with Crippen LogP contribution in [0.25, 0.3) is 0 Å². The van der Waals surface area contributed by atoms with Crippen molar-refractivity contribution < 1.29 is 14.3 Å². The van der Waals surface area contributed by atoms with E-state index < -0.39 is 11.8 Å². The van der Waals surface area contributed by atoms with Crippen molar-refractivity contribution in [1.29, 1.82) is 5.26 Å². The highest BCUT2D eigenvalue weighted by molar-refractivity contribution is 5.60. The van der Waals surface area contributed by atoms with Crippen LogP contribution in [0.3, 0.4) is 0 Å². The van der Waals surface area contributed by atoms with Gasteiger partial charge in [0.1, 0.15) is 6.07 Å². The third-order valence-electron chi connectivity index (χ3n) is 2.06. The predicted molar refractivity (Wildman–Crippen MR) is 56.3 cm³/mol. The van der Waals surface area contributed by atoms with Crippen LogP contribution in [0.5, 0.6) is 0 Å². The van der Waals surface area contributed by atoms with Gasteiger partial charge in [-0.15, -0.1) is 0 Å². The summed E-state index contributed by atoms with van der Waals surface area (Å²) in [6, 6.07) is 2.00. The summed E-state index contributed by atoms with van der Waals surface area (Å²) in [5.74, 6) is 0. The van der Waals surface area contributed by atoms with E-state index in [0.717, 1.165) is 19.3 Å². The molecule has 0 aromatic carbocycles. The Morgan fingerprint density at radius 3 is 2.53 bits per heavy atom. The van der Waals surface area contributed by atoms with Crippen molar-refractivity contribution in [3.63, 3.8) is 0 Å². The molecule has 0 radical (unpaired) electrons. The molecule has 1 unspecified atom stereocenters. The van der Waals surface area contributed by atoms with Gasteiger partial charge in [0.15, 0.2) is 5.60 Å². The van der Waals surface area contributed by atoms with Gasteiger partial charge in [-0.2, -0.15) is 5.26 Å². The predicted octanol–water partition coefficient (Wildman–Crippen LogP) is 3.02. The van der Waals surface area contributed by atoms with Gasteiger partial charge in [-0.1, -0.05) is 19.8 Å². The summed E-state index contributed by atoms with van der Waals surface area (Å²) in [4.78, 5) is 11.1. The largest absolute Gasteiger partial charge is 0.509 e. The van der Waals surface area contributed by atoms with E-state index in [1.807, 2.05) is 6.07 Å². The number of rotatable bonds is 6. The molecule has 0 rings (SSSR count). The minimum Gasteiger partial charge on any atom is -0.435 e. The van der Waals surface area contributed by atoms with E-state index in [1.165, 1.54) is 0 Å². The second-order valence-corrected chi connectivity index (χ2v) is 3.58. The van der Waals surface area contributed by atoms with Crippen molar-refractivity contribution in [2.24, 2.45) is 0 Å². The lowest BCUT2D eigenvalue weighted by atomic mass is 10.00. The first-order chi connectivity index (χ1) is 7.08. The number of nitrogens with zero attached hydrogens (tertiary/aromatic N) is 1. The quantitative estimate of drug-likeness (QED) is 0.502. The summed E-state index contributed by atoms with van der Waals surface area (Å²) >= 11 is 0. The first-order valence-corrected chi connectivity index (χ1v) is 5.35. The molecule has 0 aliphatic carbocycles. The van der Waals surface area contributed by atoms with Crippen LogP contribution in [-0.2, 0) is 9.47 Å². The average molecular weight is 213 g/mol. The number of unbranched alkanes of at least 4 members (excludes halogenated alkanes) is 2. The molecule has 15 heavy (non-hydrogen) atoms. The Balaban J connectivity index is 4.07. The minimum atomic E-state index is -1.05. The summed E-state index contributed by atoms with van der Waals surface area (Å²) in [5, 5.41) is 8.92. The maximum absolute atomic E-state index is 11.1. The number of carbonyl (C=O) groups excluding carboxylic acids is 1. The van der Waals surface area contributed by atoms with Crippen molar-refractivity contribution in [1.82, 2.24) is 0 Å². The van der Waals surface area contributed by atoms with Gasteiger partial charge in [0, 0.05) is 6.42 Å². The van der Waals surface area contributed by atoms with Gasteiger partial charge in [-0.3, -0.25) is 0 Å². The molecule has 0 bridgehead atoms. The lowest BCUT2D eigenvalue weighted by Gasteiger charge is -2.21. The van der Waals surface area contributed by atoms with E-state index in [9.17, 15) is 4.79 Å². The zero-order valence-corrected chi connectivity index (χ0v) is 9.71. The third kappa shape index (κ3) is 5.95. The lowest BCUT2D eigenvalue weighted by molar-refractivity contribution is -0.000961. The lowest BCUT2D eigenvalue weighted by Crippen LogP contribution is -2.30. The van der Waals surface area contributed by atoms with Gasteiger partial charge in [-0.05, 0) is 20.3 Å². The zero-order valence-electron chi connectivity index (χ0n) is 9.71. The van der Waals surface area contributed by atoms with Gasteiger partial charge in [0.05, 0.1) is 6.61 Å². The highest BCUT2D eigenvalue weighted by atomic mass is 16.7. The highest BCUT2D eigenvalue weighted by Gasteiger charge is 2.28. The fourth-order valence-electron chi connectivity index (χ4n) is 1.17. The Kier molecular flexibility index (Phi) is 6.52. The number of hydrogen-bond donors (Lipinski definition) is 0. The zero-order chi connectivity index (χ0) is 11.7. The monoisotopic (exact) mass is 213 g/mol. The van der Waals surface area contributed by atoms with Gasteiger partial charge >= 0.3 is 6.16 Å². The number of nitriles is 1. The van der Waals surface area contributed by atoms with E-state index in [2.05, 4.69) is 11.7 Å². The molecule has 0 aliphatic rings. The molecule has 0 amide bonds. The fraction of sp³-hybridized carbons (Fsp3) is 0.818. The number of hydrogen-bond acceptors (Lipinski definition) is 4. The topological polar surface area (TPSA) is 59.3 Å². The summed E-state index contributed by atoms with van der Waals surface area (Å²) in [6.07, 6.45) is 2.76. The third-order valence-corrected chi connectivity index (χ3v) is 2.06. The van der Waals surface area contributed by atoms with Crippen LogP contribution in [0.1, 0.15) is 46.5 Å². The molecule has 0 saturated carbocycles. The van der Waals surface area contributed by atoms with E-state index >= 15 is 0 Å². The maximum Gasteiger partial charge on any atom is 0.509 e. The molecule has 0 aliphatic heterocycles. The van der Waals surface area contributed by atoms with Crippen molar-refractivity contribution in [3.8, 4) is 6.07 Å². The van der Waals surface area contributed by atoms with Gasteiger partial charge in [0.25, 0.3) is 0 Å². The molecule has 0 aromatic rings. The second-order valence-electron chi connectivity index (χ2n) is 3.58. The Hall–Kier alpha value is -1.24. The standard InChI is InChI=1S/C11H19NO3/c1-4-6-7-8-11(3,9-12)15-10(13)14-5-2/h4-8H2,1-3H3. The van der Waals surface area contributed by atoms with E-state index in [4.69, 9.17) is 10.00 Å². The molecule has 4 heteroatoms. The molecular formula is C11H19NO3. The molecule has 0 fully saturated rings. The van der Waals surface area contributed by atoms with Crippen LogP contribution in [0.2, 0.25) is 0 Å². The van der Waals surface area contributed by atoms with E-state index in [1.54, 1.807) is 13.8 Å². The van der Waals surface area contributed by atoms with E-state index in [0.29, 0.717) is 6.42 Å². The first kappa shape index (κ1) is 13.8. The molecular weight excluding hydrogens is 194 g/mol. The molecule has 0 saturated heterocycles. The molecule has 0 aromatic heterocycles. The SMILES string of the molecule is CCCCCC(C)(C#N)OC(=O)OCC. The summed E-state index contributed by atoms with van der Waals surface area (Å²) < 4.78 is 9.59. The summed E-state index contributed by atoms with van der Waals surface area (Å²) in [6.45, 7) is 5.65. The molecule has 1 atom stereocenters. The minimum absolute atomic E-state index is 0.259. The molecule has 0 spiro atoms. The number of ether oxygens (including phenoxy) is 2. The van der Waals surface area contributed by atoms with Crippen molar-refractivity contribution >= 4 is 6.16 Å². The summed E-state index contributed by atoms with van der Waals surface area (Å²) in [7, 11) is 0. The Labute approximate surface area is 91.2 Å². The Morgan fingerprint density at radius 1 is 1.40 bits per heavy atom. The van der Waals surface area contributed by atoms with Gasteiger partial charge in [0.2, 0.25) is 0 Å². The highest BCUT2D eigenvalue weighted by Crippen LogP contribution is 2.19. The van der Waals surface area contributed by atoms with Crippen molar-refractivity contribution in [2.75, 3.05) is 6.61 Å². The smallest absolute Gasteiger partial charge is 0.435 e. The van der Waals surface area contributed by atoms with E-state index in [-0.39, 0.29) is 6.61 Å². The van der Waals surface area contributed by atoms with Crippen molar-refractivity contribution in [3.05, 3.63) is 0 Å². The van der Waals surface area contributed by atoms with Crippen LogP contribution in [0, 0.1) is 11.3 Å². The normalized spacial score (nSPS) is 13.7. The first-order valence-electron chi connectivity index (χ1n) is 5.35. The fourth-order valence-corrected chi connectivity index (χ4v) is 1.17. The molecule has 4 nitrogen and oxygen atoms in total. The summed E-state index contributed by atoms with van der Waals surface area (Å²) in [5.41, 5.74) is -1.05. The average Bonchev–Trinajstić information content (AvgIpc) is 2.18. The van der Waals surface area contributed by atoms with Crippen LogP contribution >= 0.6 is 0 Å². The van der Waals surface area contributed by atoms with Gasteiger partial charge < -0.3 is 9.47 Å². The van der Waals surface area contributed by atoms with Crippen LogP contribution in [-0.4, -0.2) is 18.4 Å². The second kappa shape index (κ2) is 7.10. The Morgan fingerprint density at radius 2 is 2.07 bits per heavy atom. The molecule has 86 valence electrons. The maximum atomic E-state index is 11.1. The molecule has 0 heterocycles. The molecule has 0 N–H and O–H groups in total. The Bertz CT molecular complexity index is 234. The van der Waals surface area contributed by atoms with Crippen molar-refractivity contribution in [2.45, 2.75) is 52.1 Å².